The predicted molar refractivity (Wildman–Crippen MR) is 106 cm³/mol. The van der Waals surface area contributed by atoms with Crippen molar-refractivity contribution in [1.29, 1.82) is 0 Å². The van der Waals surface area contributed by atoms with Crippen LogP contribution in [0.1, 0.15) is 5.56 Å². The average molecular weight is 364 g/mol. The molecule has 1 saturated heterocycles. The number of nitrogens with zero attached hydrogens (tertiary/aromatic N) is 2. The van der Waals surface area contributed by atoms with E-state index in [9.17, 15) is 4.79 Å². The molecule has 25 heavy (non-hydrogen) atoms. The van der Waals surface area contributed by atoms with Gasteiger partial charge in [0.1, 0.15) is 10.0 Å². The van der Waals surface area contributed by atoms with Crippen molar-refractivity contribution in [3.63, 3.8) is 0 Å². The molecular formula is C18H12N4OS2. The maximum Gasteiger partial charge on any atom is 0.263 e. The lowest BCUT2D eigenvalue weighted by Crippen LogP contribution is -2.17. The molecule has 0 bridgehead atoms. The number of thioether (sulfide) groups is 1. The fraction of sp³-hybridized carbons (Fsp3) is 0. The van der Waals surface area contributed by atoms with E-state index < -0.39 is 0 Å². The van der Waals surface area contributed by atoms with E-state index in [-0.39, 0.29) is 5.91 Å². The number of carbonyl (C=O) groups excluding carboxylic acids is 1. The van der Waals surface area contributed by atoms with Gasteiger partial charge < -0.3 is 11.1 Å². The Morgan fingerprint density at radius 1 is 1.08 bits per heavy atom. The van der Waals surface area contributed by atoms with E-state index in [0.717, 1.165) is 22.2 Å². The van der Waals surface area contributed by atoms with Gasteiger partial charge in [0.15, 0.2) is 5.82 Å². The van der Waals surface area contributed by atoms with E-state index in [1.54, 1.807) is 6.08 Å². The number of thiocarbonyl (C=S) groups is 1. The molecule has 3 aromatic rings. The number of nitrogens with one attached hydrogen (secondary N) is 1. The number of carbonyl (C=O) groups is 1. The highest BCUT2D eigenvalue weighted by atomic mass is 32.2. The van der Waals surface area contributed by atoms with Crippen LogP contribution >= 0.6 is 24.0 Å². The van der Waals surface area contributed by atoms with Crippen LogP contribution in [0.15, 0.2) is 53.4 Å². The third-order valence-corrected chi connectivity index (χ3v) is 4.86. The SMILES string of the molecule is Nc1nc2ccccc2nc1-c1cccc(C=C2SC(=S)NC2=O)c1. The second-order valence-corrected chi connectivity index (χ2v) is 7.14. The van der Waals surface area contributed by atoms with Crippen LogP contribution in [-0.4, -0.2) is 20.2 Å². The largest absolute Gasteiger partial charge is 0.382 e. The summed E-state index contributed by atoms with van der Waals surface area (Å²) in [6.45, 7) is 0. The highest BCUT2D eigenvalue weighted by Crippen LogP contribution is 2.29. The van der Waals surface area contributed by atoms with Gasteiger partial charge in [-0.2, -0.15) is 0 Å². The van der Waals surface area contributed by atoms with Crippen molar-refractivity contribution in [3.8, 4) is 11.3 Å². The van der Waals surface area contributed by atoms with Gasteiger partial charge in [-0.15, -0.1) is 0 Å². The predicted octanol–water partition coefficient (Wildman–Crippen LogP) is 3.37. The molecule has 0 aliphatic carbocycles. The van der Waals surface area contributed by atoms with Crippen molar-refractivity contribution in [2.45, 2.75) is 0 Å². The van der Waals surface area contributed by atoms with E-state index in [1.807, 2.05) is 48.5 Å². The molecule has 1 aromatic heterocycles. The molecule has 0 radical (unpaired) electrons. The van der Waals surface area contributed by atoms with Gasteiger partial charge in [-0.05, 0) is 29.8 Å². The molecule has 2 heterocycles. The van der Waals surface area contributed by atoms with Crippen molar-refractivity contribution in [1.82, 2.24) is 15.3 Å². The summed E-state index contributed by atoms with van der Waals surface area (Å²) >= 11 is 6.26. The van der Waals surface area contributed by atoms with Gasteiger partial charge in [0.25, 0.3) is 5.91 Å². The van der Waals surface area contributed by atoms with Gasteiger partial charge in [0.05, 0.1) is 15.9 Å². The maximum atomic E-state index is 11.8. The molecule has 122 valence electrons. The number of para-hydroxylation sites is 2. The highest BCUT2D eigenvalue weighted by molar-refractivity contribution is 8.26. The summed E-state index contributed by atoms with van der Waals surface area (Å²) in [5.74, 6) is 0.197. The van der Waals surface area contributed by atoms with Crippen molar-refractivity contribution in [2.24, 2.45) is 0 Å². The van der Waals surface area contributed by atoms with Gasteiger partial charge >= 0.3 is 0 Å². The summed E-state index contributed by atoms with van der Waals surface area (Å²) in [6.07, 6.45) is 1.80. The number of rotatable bonds is 2. The number of nitrogens with two attached hydrogens (primary N) is 1. The van der Waals surface area contributed by atoms with Crippen molar-refractivity contribution >= 4 is 57.1 Å². The molecule has 1 aliphatic rings. The number of anilines is 1. The fourth-order valence-corrected chi connectivity index (χ4v) is 3.62. The second-order valence-electron chi connectivity index (χ2n) is 5.42. The Labute approximate surface area is 153 Å². The first kappa shape index (κ1) is 15.7. The Morgan fingerprint density at radius 3 is 2.56 bits per heavy atom. The molecule has 3 N–H and O–H groups in total. The first-order chi connectivity index (χ1) is 12.1. The quantitative estimate of drug-likeness (QED) is 0.536. The lowest BCUT2D eigenvalue weighted by atomic mass is 10.1. The normalized spacial score (nSPS) is 15.8. The van der Waals surface area contributed by atoms with E-state index in [2.05, 4.69) is 15.3 Å². The highest BCUT2D eigenvalue weighted by Gasteiger charge is 2.22. The maximum absolute atomic E-state index is 11.8. The Bertz CT molecular complexity index is 1060. The van der Waals surface area contributed by atoms with Crippen LogP contribution in [-0.2, 0) is 4.79 Å². The number of fused-ring (bicyclic) bond motifs is 1. The van der Waals surface area contributed by atoms with Crippen LogP contribution in [0, 0.1) is 0 Å². The summed E-state index contributed by atoms with van der Waals surface area (Å²) in [4.78, 5) is 21.4. The molecule has 0 unspecified atom stereocenters. The molecule has 0 atom stereocenters. The third-order valence-electron chi connectivity index (χ3n) is 3.70. The standard InChI is InChI=1S/C18H12N4OS2/c19-16-15(20-12-6-1-2-7-13(12)21-16)11-5-3-4-10(8-11)9-14-17(23)22-18(24)25-14/h1-9H,(H2,19,21)(H,22,23,24). The summed E-state index contributed by atoms with van der Waals surface area (Å²) in [6, 6.07) is 15.2. The third kappa shape index (κ3) is 3.11. The summed E-state index contributed by atoms with van der Waals surface area (Å²) in [5, 5.41) is 2.61. The van der Waals surface area contributed by atoms with Gasteiger partial charge in [-0.25, -0.2) is 9.97 Å². The Balaban J connectivity index is 1.77. The van der Waals surface area contributed by atoms with E-state index >= 15 is 0 Å². The molecule has 7 heteroatoms. The monoisotopic (exact) mass is 364 g/mol. The molecule has 1 amide bonds. The van der Waals surface area contributed by atoms with E-state index in [0.29, 0.717) is 20.7 Å². The number of hydrogen-bond acceptors (Lipinski definition) is 6. The van der Waals surface area contributed by atoms with Crippen LogP contribution < -0.4 is 11.1 Å². The van der Waals surface area contributed by atoms with Gasteiger partial charge in [0.2, 0.25) is 0 Å². The van der Waals surface area contributed by atoms with E-state index in [1.165, 1.54) is 11.8 Å². The van der Waals surface area contributed by atoms with Crippen LogP contribution in [0.5, 0.6) is 0 Å². The molecule has 1 aliphatic heterocycles. The minimum atomic E-state index is -0.176. The number of benzene rings is 2. The zero-order valence-corrected chi connectivity index (χ0v) is 14.5. The summed E-state index contributed by atoms with van der Waals surface area (Å²) < 4.78 is 0.469. The summed E-state index contributed by atoms with van der Waals surface area (Å²) in [7, 11) is 0. The Hall–Kier alpha value is -2.77. The molecule has 1 fully saturated rings. The first-order valence-electron chi connectivity index (χ1n) is 7.48. The lowest BCUT2D eigenvalue weighted by Gasteiger charge is -2.07. The fourth-order valence-electron chi connectivity index (χ4n) is 2.57. The molecule has 2 aromatic carbocycles. The average Bonchev–Trinajstić information content (AvgIpc) is 2.91. The van der Waals surface area contributed by atoms with Crippen molar-refractivity contribution in [3.05, 3.63) is 59.0 Å². The van der Waals surface area contributed by atoms with Crippen LogP contribution in [0.4, 0.5) is 5.82 Å². The lowest BCUT2D eigenvalue weighted by molar-refractivity contribution is -0.115. The topological polar surface area (TPSA) is 80.9 Å². The van der Waals surface area contributed by atoms with Crippen molar-refractivity contribution in [2.75, 3.05) is 5.73 Å². The zero-order valence-electron chi connectivity index (χ0n) is 12.9. The van der Waals surface area contributed by atoms with Gasteiger partial charge in [-0.3, -0.25) is 4.79 Å². The molecule has 5 nitrogen and oxygen atoms in total. The van der Waals surface area contributed by atoms with Gasteiger partial charge in [0, 0.05) is 5.56 Å². The number of nitrogen functional groups attached to an aromatic ring is 1. The first-order valence-corrected chi connectivity index (χ1v) is 8.70. The molecular weight excluding hydrogens is 352 g/mol. The Kier molecular flexibility index (Phi) is 3.95. The minimum Gasteiger partial charge on any atom is -0.382 e. The molecule has 4 rings (SSSR count). The number of amides is 1. The number of hydrogen-bond donors (Lipinski definition) is 2. The van der Waals surface area contributed by atoms with E-state index in [4.69, 9.17) is 18.0 Å². The second kappa shape index (κ2) is 6.27. The van der Waals surface area contributed by atoms with Gasteiger partial charge in [-0.1, -0.05) is 54.3 Å². The van der Waals surface area contributed by atoms with Crippen LogP contribution in [0.25, 0.3) is 28.4 Å². The molecule has 0 spiro atoms. The minimum absolute atomic E-state index is 0.176. The van der Waals surface area contributed by atoms with Crippen molar-refractivity contribution < 1.29 is 4.79 Å². The zero-order chi connectivity index (χ0) is 17.4. The Morgan fingerprint density at radius 2 is 1.84 bits per heavy atom. The number of aromatic nitrogens is 2. The van der Waals surface area contributed by atoms with Crippen LogP contribution in [0.3, 0.4) is 0 Å². The summed E-state index contributed by atoms with van der Waals surface area (Å²) in [5.41, 5.74) is 9.98. The smallest absolute Gasteiger partial charge is 0.263 e. The van der Waals surface area contributed by atoms with Crippen LogP contribution in [0.2, 0.25) is 0 Å². The molecule has 0 saturated carbocycles.